The lowest BCUT2D eigenvalue weighted by atomic mass is 9.89. The number of rotatable bonds is 6. The summed E-state index contributed by atoms with van der Waals surface area (Å²) in [6.45, 7) is 3.71. The van der Waals surface area contributed by atoms with Gasteiger partial charge in [0.05, 0.1) is 7.11 Å². The molecule has 0 bridgehead atoms. The molecule has 0 fully saturated rings. The number of nitrogens with one attached hydrogen (secondary N) is 1. The normalized spacial score (nSPS) is 12.7. The molecule has 172 valence electrons. The third-order valence-corrected chi connectivity index (χ3v) is 7.22. The minimum absolute atomic E-state index is 0.157. The number of aryl methyl sites for hydroxylation is 4. The first-order valence-corrected chi connectivity index (χ1v) is 12.6. The Morgan fingerprint density at radius 2 is 1.76 bits per heavy atom. The number of benzene rings is 2. The van der Waals surface area contributed by atoms with Gasteiger partial charge >= 0.3 is 5.97 Å². The summed E-state index contributed by atoms with van der Waals surface area (Å²) in [4.78, 5) is 25.3. The van der Waals surface area contributed by atoms with Gasteiger partial charge in [0, 0.05) is 15.4 Å². The molecule has 0 saturated heterocycles. The molecule has 0 aliphatic heterocycles. The molecule has 0 unspecified atom stereocenters. The third-order valence-electron chi connectivity index (χ3n) is 5.87. The standard InChI is InChI=1S/C26H26BrNO4S/c1-15-10-20(27)11-16(2)24(15)32-13-22(29)28-25-23(26(30)31-3)21(14-33-25)19-9-8-17-6-4-5-7-18(17)12-19/h8-12,14H,4-7,13H2,1-3H3,(H,28,29). The van der Waals surface area contributed by atoms with E-state index in [1.807, 2.05) is 37.4 Å². The van der Waals surface area contributed by atoms with Crippen molar-refractivity contribution < 1.29 is 19.1 Å². The van der Waals surface area contributed by atoms with Gasteiger partial charge in [-0.3, -0.25) is 4.79 Å². The monoisotopic (exact) mass is 527 g/mol. The molecule has 1 heterocycles. The Balaban J connectivity index is 1.55. The molecule has 33 heavy (non-hydrogen) atoms. The first-order valence-electron chi connectivity index (χ1n) is 10.9. The lowest BCUT2D eigenvalue weighted by molar-refractivity contribution is -0.118. The van der Waals surface area contributed by atoms with E-state index in [2.05, 4.69) is 33.4 Å². The summed E-state index contributed by atoms with van der Waals surface area (Å²) < 4.78 is 11.8. The Bertz CT molecular complexity index is 1190. The van der Waals surface area contributed by atoms with Crippen LogP contribution in [-0.2, 0) is 22.4 Å². The van der Waals surface area contributed by atoms with Crippen LogP contribution in [0.25, 0.3) is 11.1 Å². The van der Waals surface area contributed by atoms with Crippen LogP contribution in [-0.4, -0.2) is 25.6 Å². The van der Waals surface area contributed by atoms with Crippen molar-refractivity contribution in [1.82, 2.24) is 0 Å². The first kappa shape index (κ1) is 23.5. The minimum atomic E-state index is -0.472. The number of hydrogen-bond donors (Lipinski definition) is 1. The Hall–Kier alpha value is -2.64. The predicted octanol–water partition coefficient (Wildman–Crippen LogP) is 6.48. The zero-order chi connectivity index (χ0) is 23.5. The molecule has 2 aromatic carbocycles. The summed E-state index contributed by atoms with van der Waals surface area (Å²) in [6.07, 6.45) is 4.55. The van der Waals surface area contributed by atoms with E-state index in [0.29, 0.717) is 16.3 Å². The zero-order valence-electron chi connectivity index (χ0n) is 18.9. The summed E-state index contributed by atoms with van der Waals surface area (Å²) in [5, 5.41) is 5.21. The smallest absolute Gasteiger partial charge is 0.341 e. The average molecular weight is 528 g/mol. The molecule has 3 aromatic rings. The Morgan fingerprint density at radius 3 is 2.45 bits per heavy atom. The molecule has 1 aromatic heterocycles. The molecule has 1 aliphatic rings. The van der Waals surface area contributed by atoms with E-state index in [1.165, 1.54) is 42.4 Å². The van der Waals surface area contributed by atoms with Crippen LogP contribution in [0.3, 0.4) is 0 Å². The number of amides is 1. The third kappa shape index (κ3) is 5.14. The van der Waals surface area contributed by atoms with Crippen molar-refractivity contribution in [3.8, 4) is 16.9 Å². The van der Waals surface area contributed by atoms with Crippen LogP contribution in [0.4, 0.5) is 5.00 Å². The van der Waals surface area contributed by atoms with Gasteiger partial charge in [-0.15, -0.1) is 11.3 Å². The molecule has 5 nitrogen and oxygen atoms in total. The van der Waals surface area contributed by atoms with Crippen LogP contribution < -0.4 is 10.1 Å². The largest absolute Gasteiger partial charge is 0.483 e. The first-order chi connectivity index (χ1) is 15.9. The summed E-state index contributed by atoms with van der Waals surface area (Å²) >= 11 is 4.78. The van der Waals surface area contributed by atoms with Gasteiger partial charge in [-0.05, 0) is 79.5 Å². The fraction of sp³-hybridized carbons (Fsp3) is 0.308. The second kappa shape index (κ2) is 10.1. The van der Waals surface area contributed by atoms with Crippen LogP contribution in [0.15, 0.2) is 40.2 Å². The lowest BCUT2D eigenvalue weighted by Gasteiger charge is -2.17. The fourth-order valence-electron chi connectivity index (χ4n) is 4.29. The van der Waals surface area contributed by atoms with Gasteiger partial charge < -0.3 is 14.8 Å². The molecule has 0 radical (unpaired) electrons. The number of halogens is 1. The van der Waals surface area contributed by atoms with E-state index in [-0.39, 0.29) is 12.5 Å². The molecule has 0 spiro atoms. The number of methoxy groups -OCH3 is 1. The molecule has 1 amide bonds. The summed E-state index contributed by atoms with van der Waals surface area (Å²) in [5.74, 6) is -0.122. The Kier molecular flexibility index (Phi) is 7.20. The molecular weight excluding hydrogens is 502 g/mol. The Labute approximate surface area is 206 Å². The van der Waals surface area contributed by atoms with E-state index in [4.69, 9.17) is 9.47 Å². The maximum Gasteiger partial charge on any atom is 0.341 e. The molecule has 4 rings (SSSR count). The highest BCUT2D eigenvalue weighted by Gasteiger charge is 2.23. The van der Waals surface area contributed by atoms with Crippen molar-refractivity contribution >= 4 is 44.1 Å². The van der Waals surface area contributed by atoms with Gasteiger partial charge in [0.1, 0.15) is 16.3 Å². The maximum absolute atomic E-state index is 12.7. The molecule has 0 atom stereocenters. The average Bonchev–Trinajstić information content (AvgIpc) is 3.20. The quantitative estimate of drug-likeness (QED) is 0.372. The Morgan fingerprint density at radius 1 is 1.06 bits per heavy atom. The van der Waals surface area contributed by atoms with Gasteiger partial charge in [0.15, 0.2) is 6.61 Å². The molecule has 0 saturated carbocycles. The van der Waals surface area contributed by atoms with Crippen molar-refractivity contribution in [2.45, 2.75) is 39.5 Å². The van der Waals surface area contributed by atoms with Crippen LogP contribution in [0.1, 0.15) is 45.5 Å². The van der Waals surface area contributed by atoms with Crippen LogP contribution >= 0.6 is 27.3 Å². The summed E-state index contributed by atoms with van der Waals surface area (Å²) in [5.41, 5.74) is 6.71. The molecule has 1 aliphatic carbocycles. The number of carbonyl (C=O) groups is 2. The fourth-order valence-corrected chi connectivity index (χ4v) is 5.95. The highest BCUT2D eigenvalue weighted by atomic mass is 79.9. The summed E-state index contributed by atoms with van der Waals surface area (Å²) in [7, 11) is 1.35. The van der Waals surface area contributed by atoms with Crippen LogP contribution in [0.2, 0.25) is 0 Å². The van der Waals surface area contributed by atoms with Gasteiger partial charge in [-0.2, -0.15) is 0 Å². The van der Waals surface area contributed by atoms with Gasteiger partial charge in [-0.1, -0.05) is 34.1 Å². The number of carbonyl (C=O) groups excluding carboxylic acids is 2. The minimum Gasteiger partial charge on any atom is -0.483 e. The van der Waals surface area contributed by atoms with Crippen molar-refractivity contribution in [2.75, 3.05) is 19.0 Å². The number of fused-ring (bicyclic) bond motifs is 1. The SMILES string of the molecule is COC(=O)c1c(-c2ccc3c(c2)CCCC3)csc1NC(=O)COc1c(C)cc(Br)cc1C. The second-order valence-electron chi connectivity index (χ2n) is 8.24. The highest BCUT2D eigenvalue weighted by Crippen LogP contribution is 2.38. The number of hydrogen-bond acceptors (Lipinski definition) is 5. The van der Waals surface area contributed by atoms with Crippen molar-refractivity contribution in [3.05, 3.63) is 68.0 Å². The van der Waals surface area contributed by atoms with E-state index in [1.54, 1.807) is 0 Å². The second-order valence-corrected chi connectivity index (χ2v) is 10.0. The lowest BCUT2D eigenvalue weighted by Crippen LogP contribution is -2.21. The van der Waals surface area contributed by atoms with Crippen LogP contribution in [0.5, 0.6) is 5.75 Å². The predicted molar refractivity (Wildman–Crippen MR) is 135 cm³/mol. The topological polar surface area (TPSA) is 64.6 Å². The van der Waals surface area contributed by atoms with Crippen molar-refractivity contribution in [3.63, 3.8) is 0 Å². The van der Waals surface area contributed by atoms with Gasteiger partial charge in [0.2, 0.25) is 0 Å². The van der Waals surface area contributed by atoms with Crippen molar-refractivity contribution in [2.24, 2.45) is 0 Å². The molecule has 7 heteroatoms. The van der Waals surface area contributed by atoms with E-state index >= 15 is 0 Å². The van der Waals surface area contributed by atoms with Gasteiger partial charge in [0.25, 0.3) is 5.91 Å². The van der Waals surface area contributed by atoms with Crippen LogP contribution in [0, 0.1) is 13.8 Å². The van der Waals surface area contributed by atoms with E-state index in [0.717, 1.165) is 39.6 Å². The zero-order valence-corrected chi connectivity index (χ0v) is 21.3. The number of esters is 1. The number of thiophene rings is 1. The highest BCUT2D eigenvalue weighted by molar-refractivity contribution is 9.10. The molecular formula is C26H26BrNO4S. The van der Waals surface area contributed by atoms with Gasteiger partial charge in [-0.25, -0.2) is 4.79 Å². The maximum atomic E-state index is 12.7. The van der Waals surface area contributed by atoms with Crippen molar-refractivity contribution in [1.29, 1.82) is 0 Å². The number of anilines is 1. The molecule has 1 N–H and O–H groups in total. The van der Waals surface area contributed by atoms with E-state index in [9.17, 15) is 9.59 Å². The number of ether oxygens (including phenoxy) is 2. The van der Waals surface area contributed by atoms with E-state index < -0.39 is 5.97 Å². The summed E-state index contributed by atoms with van der Waals surface area (Å²) in [6, 6.07) is 10.3.